The van der Waals surface area contributed by atoms with E-state index < -0.39 is 29.0 Å². The van der Waals surface area contributed by atoms with Crippen molar-refractivity contribution in [1.29, 1.82) is 0 Å². The highest BCUT2D eigenvalue weighted by Crippen LogP contribution is 2.55. The van der Waals surface area contributed by atoms with Gasteiger partial charge in [0.25, 0.3) is 5.91 Å². The summed E-state index contributed by atoms with van der Waals surface area (Å²) in [6.45, 7) is 9.45. The second-order valence-corrected chi connectivity index (χ2v) is 10.4. The molecule has 190 valence electrons. The Hall–Kier alpha value is -3.43. The topological polar surface area (TPSA) is 83.7 Å². The molecule has 5 rings (SSSR count). The molecule has 2 aromatic rings. The molecule has 0 fully saturated rings. The van der Waals surface area contributed by atoms with Crippen molar-refractivity contribution < 1.29 is 18.0 Å². The quantitative estimate of drug-likeness (QED) is 0.617. The van der Waals surface area contributed by atoms with Crippen LogP contribution in [0.25, 0.3) is 11.1 Å². The number of aryl methyl sites for hydroxylation is 2. The molecule has 0 radical (unpaired) electrons. The highest BCUT2D eigenvalue weighted by atomic mass is 19.4. The summed E-state index contributed by atoms with van der Waals surface area (Å²) in [5, 5.41) is 18.2. The number of carbonyl (C=O) groups excluding carboxylic acids is 1. The van der Waals surface area contributed by atoms with Crippen molar-refractivity contribution in [2.24, 2.45) is 17.3 Å². The van der Waals surface area contributed by atoms with Crippen molar-refractivity contribution in [3.63, 3.8) is 0 Å². The Bertz CT molecular complexity index is 1380. The summed E-state index contributed by atoms with van der Waals surface area (Å²) >= 11 is 0. The van der Waals surface area contributed by atoms with E-state index in [1.807, 2.05) is 59.9 Å². The standard InChI is InChI=1S/C26H29F3N6O/c1-7-25(16-10-8-9-15(11-16)18-13(2)34-35(6)14(18)3)19-17(12-24(4,5)31-23(19)36)30-22-20(25)21(32-33-22)26(27,28)29/h8-11,22,30H,7,12H2,1-6H3,(H,31,36)/t22?,25-/m0/s1. The number of alkyl halides is 3. The van der Waals surface area contributed by atoms with Crippen LogP contribution in [-0.2, 0) is 17.3 Å². The second-order valence-electron chi connectivity index (χ2n) is 10.4. The maximum Gasteiger partial charge on any atom is 0.435 e. The maximum atomic E-state index is 14.3. The van der Waals surface area contributed by atoms with Gasteiger partial charge in [-0.15, -0.1) is 5.11 Å². The number of fused-ring (bicyclic) bond motifs is 1. The smallest absolute Gasteiger partial charge is 0.362 e. The molecule has 1 unspecified atom stereocenters. The van der Waals surface area contributed by atoms with Crippen LogP contribution in [0.2, 0.25) is 0 Å². The monoisotopic (exact) mass is 498 g/mol. The van der Waals surface area contributed by atoms with Crippen molar-refractivity contribution in [1.82, 2.24) is 20.4 Å². The minimum Gasteiger partial charge on any atom is -0.362 e. The van der Waals surface area contributed by atoms with Gasteiger partial charge in [-0.25, -0.2) is 0 Å². The number of allylic oxidation sites excluding steroid dienone is 1. The summed E-state index contributed by atoms with van der Waals surface area (Å²) in [5.74, 6) is -0.380. The highest BCUT2D eigenvalue weighted by Gasteiger charge is 2.57. The van der Waals surface area contributed by atoms with Crippen molar-refractivity contribution >= 4 is 5.91 Å². The number of nitrogens with one attached hydrogen (secondary N) is 2. The number of hydrogen-bond donors (Lipinski definition) is 2. The molecule has 3 aliphatic heterocycles. The van der Waals surface area contributed by atoms with Crippen LogP contribution in [0, 0.1) is 13.8 Å². The average molecular weight is 499 g/mol. The zero-order valence-corrected chi connectivity index (χ0v) is 21.1. The van der Waals surface area contributed by atoms with Crippen molar-refractivity contribution in [2.45, 2.75) is 70.8 Å². The van der Waals surface area contributed by atoms with Crippen LogP contribution >= 0.6 is 0 Å². The lowest BCUT2D eigenvalue weighted by molar-refractivity contribution is -0.120. The summed E-state index contributed by atoms with van der Waals surface area (Å²) in [4.78, 5) is 13.6. The Morgan fingerprint density at radius 1 is 1.22 bits per heavy atom. The van der Waals surface area contributed by atoms with E-state index in [0.717, 1.165) is 22.5 Å². The Morgan fingerprint density at radius 2 is 1.94 bits per heavy atom. The molecule has 0 saturated carbocycles. The van der Waals surface area contributed by atoms with E-state index in [4.69, 9.17) is 0 Å². The molecule has 2 atom stereocenters. The number of aromatic nitrogens is 2. The lowest BCUT2D eigenvalue weighted by Crippen LogP contribution is -2.58. The molecule has 0 aliphatic carbocycles. The largest absolute Gasteiger partial charge is 0.435 e. The molecule has 10 heteroatoms. The van der Waals surface area contributed by atoms with Gasteiger partial charge in [-0.3, -0.25) is 9.48 Å². The summed E-state index contributed by atoms with van der Waals surface area (Å²) < 4.78 is 44.6. The summed E-state index contributed by atoms with van der Waals surface area (Å²) in [5.41, 5.74) is 2.05. The van der Waals surface area contributed by atoms with Crippen LogP contribution in [0.3, 0.4) is 0 Å². The molecule has 4 heterocycles. The van der Waals surface area contributed by atoms with Gasteiger partial charge in [-0.05, 0) is 51.3 Å². The average Bonchev–Trinajstić information content (AvgIpc) is 3.31. The molecular formula is C26H29F3N6O. The third kappa shape index (κ3) is 3.41. The van der Waals surface area contributed by atoms with E-state index in [9.17, 15) is 18.0 Å². The van der Waals surface area contributed by atoms with Gasteiger partial charge in [0.15, 0.2) is 11.9 Å². The van der Waals surface area contributed by atoms with Gasteiger partial charge in [0, 0.05) is 41.5 Å². The highest BCUT2D eigenvalue weighted by molar-refractivity contribution is 6.00. The molecule has 3 aliphatic rings. The molecule has 36 heavy (non-hydrogen) atoms. The molecule has 0 spiro atoms. The molecule has 0 bridgehead atoms. The molecule has 2 N–H and O–H groups in total. The van der Waals surface area contributed by atoms with E-state index in [-0.39, 0.29) is 17.9 Å². The molecular weight excluding hydrogens is 469 g/mol. The SMILES string of the molecule is CC[C@]1(c2cccc(-c3c(C)nn(C)c3C)c2)C2=C(CC(C)(C)NC2=O)NC2N=NC(C(F)(F)F)=C21. The fraction of sp³-hybridized carbons (Fsp3) is 0.462. The maximum absolute atomic E-state index is 14.3. The van der Waals surface area contributed by atoms with E-state index in [0.29, 0.717) is 23.3 Å². The first-order valence-electron chi connectivity index (χ1n) is 12.0. The lowest BCUT2D eigenvalue weighted by atomic mass is 9.61. The number of nitrogens with zero attached hydrogens (tertiary/aromatic N) is 4. The predicted octanol–water partition coefficient (Wildman–Crippen LogP) is 5.12. The first-order valence-corrected chi connectivity index (χ1v) is 12.0. The molecule has 7 nitrogen and oxygen atoms in total. The second kappa shape index (κ2) is 7.78. The van der Waals surface area contributed by atoms with Crippen LogP contribution in [0.1, 0.15) is 50.6 Å². The molecule has 1 aromatic carbocycles. The summed E-state index contributed by atoms with van der Waals surface area (Å²) in [6.07, 6.45) is -5.04. The van der Waals surface area contributed by atoms with Gasteiger partial charge in [-0.2, -0.15) is 23.4 Å². The number of azo groups is 1. The van der Waals surface area contributed by atoms with Crippen LogP contribution < -0.4 is 10.6 Å². The number of amides is 1. The number of carbonyl (C=O) groups is 1. The zero-order valence-electron chi connectivity index (χ0n) is 21.1. The fourth-order valence-corrected chi connectivity index (χ4v) is 6.06. The first-order chi connectivity index (χ1) is 16.8. The lowest BCUT2D eigenvalue weighted by Gasteiger charge is -2.48. The number of halogens is 3. The van der Waals surface area contributed by atoms with E-state index in [1.54, 1.807) is 10.7 Å². The summed E-state index contributed by atoms with van der Waals surface area (Å²) in [7, 11) is 1.85. The predicted molar refractivity (Wildman–Crippen MR) is 129 cm³/mol. The van der Waals surface area contributed by atoms with E-state index in [1.165, 1.54) is 0 Å². The van der Waals surface area contributed by atoms with Gasteiger partial charge in [-0.1, -0.05) is 25.1 Å². The first kappa shape index (κ1) is 24.3. The number of rotatable bonds is 3. The Labute approximate surface area is 207 Å². The van der Waals surface area contributed by atoms with Crippen LogP contribution in [0.15, 0.2) is 57.0 Å². The zero-order chi connectivity index (χ0) is 26.2. The van der Waals surface area contributed by atoms with E-state index in [2.05, 4.69) is 26.0 Å². The van der Waals surface area contributed by atoms with Crippen LogP contribution in [0.4, 0.5) is 13.2 Å². The fourth-order valence-electron chi connectivity index (χ4n) is 6.06. The van der Waals surface area contributed by atoms with Crippen molar-refractivity contribution in [3.05, 3.63) is 63.8 Å². The molecule has 0 saturated heterocycles. The van der Waals surface area contributed by atoms with E-state index >= 15 is 0 Å². The minimum atomic E-state index is -4.72. The van der Waals surface area contributed by atoms with Gasteiger partial charge >= 0.3 is 6.18 Å². The van der Waals surface area contributed by atoms with Gasteiger partial charge < -0.3 is 10.6 Å². The van der Waals surface area contributed by atoms with Crippen LogP contribution in [0.5, 0.6) is 0 Å². The third-order valence-electron chi connectivity index (χ3n) is 7.55. The molecule has 1 aromatic heterocycles. The van der Waals surface area contributed by atoms with Gasteiger partial charge in [0.2, 0.25) is 0 Å². The van der Waals surface area contributed by atoms with Crippen LogP contribution in [-0.4, -0.2) is 33.6 Å². The Balaban J connectivity index is 1.84. The summed E-state index contributed by atoms with van der Waals surface area (Å²) in [6, 6.07) is 7.43. The Morgan fingerprint density at radius 3 is 2.56 bits per heavy atom. The van der Waals surface area contributed by atoms with Crippen molar-refractivity contribution in [2.75, 3.05) is 0 Å². The Kier molecular flexibility index (Phi) is 5.25. The number of benzene rings is 1. The van der Waals surface area contributed by atoms with Gasteiger partial charge in [0.05, 0.1) is 16.7 Å². The van der Waals surface area contributed by atoms with Gasteiger partial charge in [0.1, 0.15) is 0 Å². The molecule has 1 amide bonds. The minimum absolute atomic E-state index is 0.0251. The number of hydrogen-bond acceptors (Lipinski definition) is 5. The van der Waals surface area contributed by atoms with Crippen molar-refractivity contribution in [3.8, 4) is 11.1 Å². The normalized spacial score (nSPS) is 25.0. The third-order valence-corrected chi connectivity index (χ3v) is 7.55.